The highest BCUT2D eigenvalue weighted by Crippen LogP contribution is 2.08. The Morgan fingerprint density at radius 3 is 2.77 bits per heavy atom. The molecule has 0 bridgehead atoms. The molecule has 1 atom stereocenters. The molecule has 5 heteroatoms. The summed E-state index contributed by atoms with van der Waals surface area (Å²) in [4.78, 5) is 25.2. The van der Waals surface area contributed by atoms with Gasteiger partial charge in [0.15, 0.2) is 0 Å². The lowest BCUT2D eigenvalue weighted by Gasteiger charge is -2.36. The quantitative estimate of drug-likeness (QED) is 0.615. The van der Waals surface area contributed by atoms with E-state index in [9.17, 15) is 9.59 Å². The molecule has 1 rings (SSSR count). The van der Waals surface area contributed by atoms with Gasteiger partial charge in [-0.3, -0.25) is 14.5 Å². The molecule has 1 saturated heterocycles. The summed E-state index contributed by atoms with van der Waals surface area (Å²) in [5, 5.41) is 8.83. The number of carbonyl (C=O) groups is 2. The third kappa shape index (κ3) is 1.98. The van der Waals surface area contributed by atoms with Crippen LogP contribution in [0.3, 0.4) is 0 Å². The first-order chi connectivity index (χ1) is 6.06. The van der Waals surface area contributed by atoms with E-state index in [-0.39, 0.29) is 12.5 Å². The van der Waals surface area contributed by atoms with Crippen LogP contribution in [0, 0.1) is 0 Å². The lowest BCUT2D eigenvalue weighted by atomic mass is 10.2. The van der Waals surface area contributed by atoms with Crippen LogP contribution in [0.25, 0.3) is 0 Å². The fourth-order valence-corrected chi connectivity index (χ4v) is 1.45. The molecule has 13 heavy (non-hydrogen) atoms. The van der Waals surface area contributed by atoms with Crippen LogP contribution in [0.15, 0.2) is 0 Å². The van der Waals surface area contributed by atoms with Crippen LogP contribution in [-0.2, 0) is 9.59 Å². The molecule has 0 radical (unpaired) electrons. The molecule has 1 N–H and O–H groups in total. The first-order valence-corrected chi connectivity index (χ1v) is 4.27. The van der Waals surface area contributed by atoms with E-state index in [1.54, 1.807) is 16.8 Å². The van der Waals surface area contributed by atoms with Crippen molar-refractivity contribution in [2.45, 2.75) is 13.0 Å². The Morgan fingerprint density at radius 2 is 2.31 bits per heavy atom. The molecule has 0 aromatic rings. The van der Waals surface area contributed by atoms with Gasteiger partial charge in [0, 0.05) is 13.1 Å². The van der Waals surface area contributed by atoms with Gasteiger partial charge in [0.25, 0.3) is 0 Å². The topological polar surface area (TPSA) is 60.9 Å². The lowest BCUT2D eigenvalue weighted by Crippen LogP contribution is -2.57. The maximum absolute atomic E-state index is 11.3. The van der Waals surface area contributed by atoms with Crippen molar-refractivity contribution in [1.82, 2.24) is 9.80 Å². The molecule has 0 saturated carbocycles. The van der Waals surface area contributed by atoms with Crippen molar-refractivity contribution in [2.24, 2.45) is 0 Å². The molecule has 5 nitrogen and oxygen atoms in total. The van der Waals surface area contributed by atoms with Gasteiger partial charge >= 0.3 is 5.97 Å². The number of carboxylic acid groups (broad SMARTS) is 1. The van der Waals surface area contributed by atoms with Crippen molar-refractivity contribution in [1.29, 1.82) is 0 Å². The summed E-state index contributed by atoms with van der Waals surface area (Å²) in [7, 11) is 1.66. The molecule has 1 aliphatic heterocycles. The number of carboxylic acids is 1. The van der Waals surface area contributed by atoms with Gasteiger partial charge in [-0.05, 0) is 14.0 Å². The third-order valence-electron chi connectivity index (χ3n) is 2.33. The zero-order chi connectivity index (χ0) is 10.0. The summed E-state index contributed by atoms with van der Waals surface area (Å²) in [6.45, 7) is 2.92. The van der Waals surface area contributed by atoms with Crippen LogP contribution >= 0.6 is 0 Å². The number of amides is 1. The standard InChI is InChI=1S/C8H14N2O3/c1-3-10-4-6(8(12)13)9(2)5-7(10)11/h6H,3-5H2,1-2H3,(H,12,13). The summed E-state index contributed by atoms with van der Waals surface area (Å²) in [6, 6.07) is -0.558. The van der Waals surface area contributed by atoms with E-state index in [0.29, 0.717) is 13.1 Å². The van der Waals surface area contributed by atoms with Crippen LogP contribution in [0.1, 0.15) is 6.92 Å². The van der Waals surface area contributed by atoms with Crippen LogP contribution in [0.5, 0.6) is 0 Å². The van der Waals surface area contributed by atoms with Crippen LogP contribution in [0.4, 0.5) is 0 Å². The SMILES string of the molecule is CCN1CC(C(=O)O)N(C)CC1=O. The number of carbonyl (C=O) groups excluding carboxylic acids is 1. The van der Waals surface area contributed by atoms with E-state index in [4.69, 9.17) is 5.11 Å². The van der Waals surface area contributed by atoms with E-state index in [1.807, 2.05) is 6.92 Å². The van der Waals surface area contributed by atoms with Gasteiger partial charge in [0.2, 0.25) is 5.91 Å². The van der Waals surface area contributed by atoms with E-state index in [2.05, 4.69) is 0 Å². The molecule has 1 fully saturated rings. The highest BCUT2D eigenvalue weighted by molar-refractivity contribution is 5.83. The van der Waals surface area contributed by atoms with Crippen LogP contribution in [0.2, 0.25) is 0 Å². The number of hydrogen-bond donors (Lipinski definition) is 1. The maximum atomic E-state index is 11.3. The van der Waals surface area contributed by atoms with Gasteiger partial charge < -0.3 is 10.0 Å². The normalized spacial score (nSPS) is 24.9. The number of aliphatic carboxylic acids is 1. The van der Waals surface area contributed by atoms with Crippen LogP contribution in [-0.4, -0.2) is 59.5 Å². The average molecular weight is 186 g/mol. The number of hydrogen-bond acceptors (Lipinski definition) is 3. The number of piperazine rings is 1. The molecule has 0 aliphatic carbocycles. The van der Waals surface area contributed by atoms with Gasteiger partial charge in [0.1, 0.15) is 6.04 Å². The second kappa shape index (κ2) is 3.74. The van der Waals surface area contributed by atoms with E-state index >= 15 is 0 Å². The van der Waals surface area contributed by atoms with Crippen molar-refractivity contribution in [3.63, 3.8) is 0 Å². The molecule has 0 spiro atoms. The minimum atomic E-state index is -0.867. The predicted octanol–water partition coefficient (Wildman–Crippen LogP) is -0.766. The highest BCUT2D eigenvalue weighted by Gasteiger charge is 2.33. The lowest BCUT2D eigenvalue weighted by molar-refractivity contribution is -0.150. The Labute approximate surface area is 76.9 Å². The van der Waals surface area contributed by atoms with Crippen molar-refractivity contribution in [3.05, 3.63) is 0 Å². The van der Waals surface area contributed by atoms with Crippen molar-refractivity contribution >= 4 is 11.9 Å². The molecule has 0 aromatic heterocycles. The monoisotopic (exact) mass is 186 g/mol. The molecular weight excluding hydrogens is 172 g/mol. The second-order valence-corrected chi connectivity index (χ2v) is 3.20. The van der Waals surface area contributed by atoms with Crippen molar-refractivity contribution in [3.8, 4) is 0 Å². The Morgan fingerprint density at radius 1 is 1.69 bits per heavy atom. The summed E-state index contributed by atoms with van der Waals surface area (Å²) in [6.07, 6.45) is 0. The van der Waals surface area contributed by atoms with Gasteiger partial charge in [-0.2, -0.15) is 0 Å². The Bertz CT molecular complexity index is 229. The zero-order valence-electron chi connectivity index (χ0n) is 7.86. The average Bonchev–Trinajstić information content (AvgIpc) is 2.03. The fourth-order valence-electron chi connectivity index (χ4n) is 1.45. The summed E-state index contributed by atoms with van der Waals surface area (Å²) < 4.78 is 0. The summed E-state index contributed by atoms with van der Waals surface area (Å²) >= 11 is 0. The van der Waals surface area contributed by atoms with E-state index in [1.165, 1.54) is 0 Å². The van der Waals surface area contributed by atoms with Crippen LogP contribution < -0.4 is 0 Å². The maximum Gasteiger partial charge on any atom is 0.322 e. The molecular formula is C8H14N2O3. The van der Waals surface area contributed by atoms with Crippen molar-refractivity contribution < 1.29 is 14.7 Å². The molecule has 0 aromatic carbocycles. The summed E-state index contributed by atoms with van der Waals surface area (Å²) in [5.41, 5.74) is 0. The number of likely N-dealkylation sites (N-methyl/N-ethyl adjacent to an activating group) is 2. The second-order valence-electron chi connectivity index (χ2n) is 3.20. The smallest absolute Gasteiger partial charge is 0.322 e. The Balaban J connectivity index is 2.69. The van der Waals surface area contributed by atoms with Gasteiger partial charge in [0.05, 0.1) is 6.54 Å². The first-order valence-electron chi connectivity index (χ1n) is 4.27. The molecule has 1 amide bonds. The van der Waals surface area contributed by atoms with Gasteiger partial charge in [-0.15, -0.1) is 0 Å². The molecule has 1 heterocycles. The summed E-state index contributed by atoms with van der Waals surface area (Å²) in [5.74, 6) is -0.865. The third-order valence-corrected chi connectivity index (χ3v) is 2.33. The van der Waals surface area contributed by atoms with Crippen molar-refractivity contribution in [2.75, 3.05) is 26.7 Å². The molecule has 1 unspecified atom stereocenters. The predicted molar refractivity (Wildman–Crippen MR) is 46.3 cm³/mol. The van der Waals surface area contributed by atoms with E-state index in [0.717, 1.165) is 0 Å². The number of nitrogens with zero attached hydrogens (tertiary/aromatic N) is 2. The van der Waals surface area contributed by atoms with Gasteiger partial charge in [-0.25, -0.2) is 0 Å². The Hall–Kier alpha value is -1.10. The largest absolute Gasteiger partial charge is 0.480 e. The highest BCUT2D eigenvalue weighted by atomic mass is 16.4. The van der Waals surface area contributed by atoms with Gasteiger partial charge in [-0.1, -0.05) is 0 Å². The Kier molecular flexibility index (Phi) is 2.87. The minimum absolute atomic E-state index is 0.00231. The molecule has 74 valence electrons. The number of rotatable bonds is 2. The van der Waals surface area contributed by atoms with E-state index < -0.39 is 12.0 Å². The fraction of sp³-hybridized carbons (Fsp3) is 0.750. The zero-order valence-corrected chi connectivity index (χ0v) is 7.86. The first kappa shape index (κ1) is 9.98. The minimum Gasteiger partial charge on any atom is -0.480 e. The molecule has 1 aliphatic rings.